The zero-order valence-corrected chi connectivity index (χ0v) is 14.0. The molecule has 0 saturated carbocycles. The molecule has 0 bridgehead atoms. The number of anilines is 1. The van der Waals surface area contributed by atoms with E-state index in [1.807, 2.05) is 0 Å². The molecule has 0 amide bonds. The second-order valence-corrected chi connectivity index (χ2v) is 6.98. The Hall–Kier alpha value is -1.09. The van der Waals surface area contributed by atoms with Crippen molar-refractivity contribution >= 4 is 5.82 Å². The van der Waals surface area contributed by atoms with Gasteiger partial charge in [-0.15, -0.1) is 0 Å². The number of nitrogens with zero attached hydrogens (tertiary/aromatic N) is 1. The smallest absolute Gasteiger partial charge is 0.126 e. The monoisotopic (exact) mass is 277 g/mol. The molecule has 0 aromatic carbocycles. The summed E-state index contributed by atoms with van der Waals surface area (Å²) in [6.07, 6.45) is 2.17. The molecule has 1 aromatic heterocycles. The summed E-state index contributed by atoms with van der Waals surface area (Å²) >= 11 is 0. The third-order valence-corrected chi connectivity index (χ3v) is 2.96. The second-order valence-electron chi connectivity index (χ2n) is 6.98. The number of aromatic nitrogens is 1. The number of pyridine rings is 1. The third kappa shape index (κ3) is 6.90. The van der Waals surface area contributed by atoms with E-state index in [-0.39, 0.29) is 5.54 Å². The van der Waals surface area contributed by atoms with Gasteiger partial charge in [0.25, 0.3) is 0 Å². The molecule has 0 aliphatic carbocycles. The van der Waals surface area contributed by atoms with Crippen LogP contribution in [0.4, 0.5) is 5.82 Å². The molecule has 0 spiro atoms. The average molecular weight is 277 g/mol. The predicted octanol–water partition coefficient (Wildman–Crippen LogP) is 3.99. The lowest BCUT2D eigenvalue weighted by Gasteiger charge is -2.21. The van der Waals surface area contributed by atoms with Crippen molar-refractivity contribution in [3.8, 4) is 0 Å². The Morgan fingerprint density at radius 1 is 1.20 bits per heavy atom. The first-order valence-electron chi connectivity index (χ1n) is 7.79. The van der Waals surface area contributed by atoms with E-state index >= 15 is 0 Å². The van der Waals surface area contributed by atoms with Gasteiger partial charge in [-0.1, -0.05) is 27.2 Å². The van der Waals surface area contributed by atoms with Crippen molar-refractivity contribution in [2.75, 3.05) is 11.9 Å². The lowest BCUT2D eigenvalue weighted by molar-refractivity contribution is 0.424. The van der Waals surface area contributed by atoms with Crippen molar-refractivity contribution in [1.82, 2.24) is 10.3 Å². The summed E-state index contributed by atoms with van der Waals surface area (Å²) in [6.45, 7) is 15.1. The van der Waals surface area contributed by atoms with Gasteiger partial charge in [0.05, 0.1) is 0 Å². The van der Waals surface area contributed by atoms with Crippen LogP contribution in [0.1, 0.15) is 59.2 Å². The molecule has 0 unspecified atom stereocenters. The third-order valence-electron chi connectivity index (χ3n) is 2.96. The van der Waals surface area contributed by atoms with Gasteiger partial charge in [-0.05, 0) is 50.8 Å². The molecule has 2 N–H and O–H groups in total. The highest BCUT2D eigenvalue weighted by Crippen LogP contribution is 2.14. The minimum atomic E-state index is 0.139. The Morgan fingerprint density at radius 2 is 1.90 bits per heavy atom. The molecule has 0 radical (unpaired) electrons. The summed E-state index contributed by atoms with van der Waals surface area (Å²) < 4.78 is 0. The Balaban J connectivity index is 2.81. The normalized spacial score (nSPS) is 11.9. The van der Waals surface area contributed by atoms with Crippen molar-refractivity contribution in [1.29, 1.82) is 0 Å². The average Bonchev–Trinajstić information content (AvgIpc) is 2.33. The molecule has 3 heteroatoms. The van der Waals surface area contributed by atoms with Gasteiger partial charge in [-0.2, -0.15) is 0 Å². The standard InChI is InChI=1S/C17H31N3/c1-7-8-15-9-14(12-19-17(4,5)6)10-16(20-15)18-11-13(2)3/h9-10,13,19H,7-8,11-12H2,1-6H3,(H,18,20). The Labute approximate surface area is 124 Å². The molecule has 1 aromatic rings. The Kier molecular flexibility index (Phi) is 6.47. The topological polar surface area (TPSA) is 37.0 Å². The molecule has 3 nitrogen and oxygen atoms in total. The van der Waals surface area contributed by atoms with Gasteiger partial charge >= 0.3 is 0 Å². The summed E-state index contributed by atoms with van der Waals surface area (Å²) in [5.74, 6) is 1.64. The van der Waals surface area contributed by atoms with Crippen LogP contribution in [-0.2, 0) is 13.0 Å². The van der Waals surface area contributed by atoms with E-state index in [0.29, 0.717) is 5.92 Å². The first-order chi connectivity index (χ1) is 9.30. The molecular formula is C17H31N3. The van der Waals surface area contributed by atoms with Gasteiger partial charge in [-0.25, -0.2) is 4.98 Å². The van der Waals surface area contributed by atoms with E-state index in [2.05, 4.69) is 64.3 Å². The summed E-state index contributed by atoms with van der Waals surface area (Å²) in [5, 5.41) is 6.99. The maximum absolute atomic E-state index is 4.70. The van der Waals surface area contributed by atoms with Crippen molar-refractivity contribution in [3.05, 3.63) is 23.4 Å². The van der Waals surface area contributed by atoms with Gasteiger partial charge < -0.3 is 10.6 Å². The van der Waals surface area contributed by atoms with Crippen LogP contribution in [-0.4, -0.2) is 17.1 Å². The minimum Gasteiger partial charge on any atom is -0.370 e. The predicted molar refractivity (Wildman–Crippen MR) is 88.2 cm³/mol. The van der Waals surface area contributed by atoms with Crippen LogP contribution in [0.5, 0.6) is 0 Å². The van der Waals surface area contributed by atoms with Crippen LogP contribution in [0.15, 0.2) is 12.1 Å². The van der Waals surface area contributed by atoms with E-state index < -0.39 is 0 Å². The maximum Gasteiger partial charge on any atom is 0.126 e. The number of hydrogen-bond donors (Lipinski definition) is 2. The molecule has 0 aliphatic rings. The second kappa shape index (κ2) is 7.63. The largest absolute Gasteiger partial charge is 0.370 e. The zero-order valence-electron chi connectivity index (χ0n) is 14.0. The summed E-state index contributed by atoms with van der Waals surface area (Å²) in [5.41, 5.74) is 2.64. The molecule has 0 aliphatic heterocycles. The molecule has 114 valence electrons. The molecule has 0 fully saturated rings. The molecular weight excluding hydrogens is 246 g/mol. The van der Waals surface area contributed by atoms with Crippen LogP contribution < -0.4 is 10.6 Å². The van der Waals surface area contributed by atoms with Crippen molar-refractivity contribution < 1.29 is 0 Å². The van der Waals surface area contributed by atoms with Crippen molar-refractivity contribution in [2.45, 2.75) is 66.5 Å². The number of aryl methyl sites for hydroxylation is 1. The number of nitrogens with one attached hydrogen (secondary N) is 2. The highest BCUT2D eigenvalue weighted by molar-refractivity contribution is 5.40. The first kappa shape index (κ1) is 17.0. The van der Waals surface area contributed by atoms with E-state index in [0.717, 1.165) is 31.7 Å². The van der Waals surface area contributed by atoms with E-state index in [9.17, 15) is 0 Å². The summed E-state index contributed by atoms with van der Waals surface area (Å²) in [4.78, 5) is 4.70. The highest BCUT2D eigenvalue weighted by Gasteiger charge is 2.10. The molecule has 0 atom stereocenters. The van der Waals surface area contributed by atoms with Gasteiger partial charge in [-0.3, -0.25) is 0 Å². The van der Waals surface area contributed by atoms with Gasteiger partial charge in [0.1, 0.15) is 5.82 Å². The van der Waals surface area contributed by atoms with Crippen LogP contribution in [0, 0.1) is 5.92 Å². The van der Waals surface area contributed by atoms with E-state index in [1.54, 1.807) is 0 Å². The summed E-state index contributed by atoms with van der Waals surface area (Å²) in [6, 6.07) is 4.39. The van der Waals surface area contributed by atoms with E-state index in [1.165, 1.54) is 11.3 Å². The first-order valence-corrected chi connectivity index (χ1v) is 7.79. The fraction of sp³-hybridized carbons (Fsp3) is 0.706. The molecule has 1 rings (SSSR count). The van der Waals surface area contributed by atoms with Crippen LogP contribution in [0.25, 0.3) is 0 Å². The Morgan fingerprint density at radius 3 is 2.45 bits per heavy atom. The fourth-order valence-corrected chi connectivity index (χ4v) is 1.90. The van der Waals surface area contributed by atoms with Gasteiger partial charge in [0, 0.05) is 24.3 Å². The highest BCUT2D eigenvalue weighted by atomic mass is 15.0. The van der Waals surface area contributed by atoms with Gasteiger partial charge in [0.15, 0.2) is 0 Å². The SMILES string of the molecule is CCCc1cc(CNC(C)(C)C)cc(NCC(C)C)n1. The lowest BCUT2D eigenvalue weighted by atomic mass is 10.1. The molecule has 20 heavy (non-hydrogen) atoms. The number of rotatable bonds is 7. The molecule has 0 saturated heterocycles. The van der Waals surface area contributed by atoms with Crippen LogP contribution >= 0.6 is 0 Å². The van der Waals surface area contributed by atoms with Crippen LogP contribution in [0.3, 0.4) is 0 Å². The minimum absolute atomic E-state index is 0.139. The molecule has 1 heterocycles. The summed E-state index contributed by atoms with van der Waals surface area (Å²) in [7, 11) is 0. The zero-order chi connectivity index (χ0) is 15.2. The quantitative estimate of drug-likeness (QED) is 0.791. The lowest BCUT2D eigenvalue weighted by Crippen LogP contribution is -2.35. The van der Waals surface area contributed by atoms with Crippen LogP contribution in [0.2, 0.25) is 0 Å². The number of hydrogen-bond acceptors (Lipinski definition) is 3. The van der Waals surface area contributed by atoms with E-state index in [4.69, 9.17) is 4.98 Å². The Bertz CT molecular complexity index is 405. The van der Waals surface area contributed by atoms with Crippen molar-refractivity contribution in [3.63, 3.8) is 0 Å². The fourth-order valence-electron chi connectivity index (χ4n) is 1.90. The maximum atomic E-state index is 4.70. The van der Waals surface area contributed by atoms with Gasteiger partial charge in [0.2, 0.25) is 0 Å². The van der Waals surface area contributed by atoms with Crippen molar-refractivity contribution in [2.24, 2.45) is 5.92 Å².